The maximum absolute atomic E-state index is 12.6. The molecule has 1 fully saturated rings. The van der Waals surface area contributed by atoms with Gasteiger partial charge in [0.2, 0.25) is 5.91 Å². The molecule has 1 saturated heterocycles. The topological polar surface area (TPSA) is 105 Å². The molecule has 1 aliphatic heterocycles. The van der Waals surface area contributed by atoms with Crippen LogP contribution in [0.25, 0.3) is 11.0 Å². The minimum atomic E-state index is -3.68. The number of rotatable bonds is 8. The lowest BCUT2D eigenvalue weighted by atomic mass is 9.75. The van der Waals surface area contributed by atoms with E-state index in [4.69, 9.17) is 8.71 Å². The van der Waals surface area contributed by atoms with Crippen LogP contribution in [0.5, 0.6) is 0 Å². The summed E-state index contributed by atoms with van der Waals surface area (Å²) in [6, 6.07) is 14.5. The second-order valence-corrected chi connectivity index (χ2v) is 13.5. The fourth-order valence-electron chi connectivity index (χ4n) is 6.35. The van der Waals surface area contributed by atoms with Crippen LogP contribution in [-0.4, -0.2) is 76.0 Å². The number of hydrogen-bond donors (Lipinski definition) is 1. The van der Waals surface area contributed by atoms with Gasteiger partial charge in [0.05, 0.1) is 11.6 Å². The van der Waals surface area contributed by atoms with E-state index in [9.17, 15) is 13.2 Å². The number of fused-ring (bicyclic) bond motifs is 2. The summed E-state index contributed by atoms with van der Waals surface area (Å²) in [6.45, 7) is 12.7. The van der Waals surface area contributed by atoms with Crippen molar-refractivity contribution in [3.8, 4) is 0 Å². The fourth-order valence-corrected chi connectivity index (χ4v) is 6.67. The Labute approximate surface area is 230 Å². The van der Waals surface area contributed by atoms with E-state index in [0.717, 1.165) is 62.2 Å². The molecule has 5 rings (SSSR count). The van der Waals surface area contributed by atoms with E-state index in [2.05, 4.69) is 72.2 Å². The lowest BCUT2D eigenvalue weighted by Gasteiger charge is -2.36. The van der Waals surface area contributed by atoms with Crippen molar-refractivity contribution in [2.45, 2.75) is 51.0 Å². The number of benzene rings is 2. The summed E-state index contributed by atoms with van der Waals surface area (Å²) >= 11 is 0. The third-order valence-corrected chi connectivity index (χ3v) is 8.92. The highest BCUT2D eigenvalue weighted by Crippen LogP contribution is 2.49. The predicted octanol–water partition coefficient (Wildman–Crippen LogP) is 3.22. The number of anilines is 1. The van der Waals surface area contributed by atoms with E-state index < -0.39 is 22.6 Å². The SMILES string of the molecule is CC1(C)c2ccc(CCN3CCN(c4noc5ccccc45)CC3)cc2C(C)(C)C1NC(=O)COS(C)(=O)=O. The third-order valence-electron chi connectivity index (χ3n) is 8.37. The van der Waals surface area contributed by atoms with Crippen molar-refractivity contribution in [1.29, 1.82) is 0 Å². The standard InChI is InChI=1S/C29H38N4O5S/c1-28(2)22-11-10-20(18-23(22)29(3,4)27(28)30-25(34)19-37-39(5,35)36)12-13-32-14-16-33(17-15-32)26-21-8-6-7-9-24(21)38-31-26/h6-11,18,27H,12-17,19H2,1-5H3,(H,30,34). The number of nitrogens with one attached hydrogen (secondary N) is 1. The van der Waals surface area contributed by atoms with Gasteiger partial charge in [0, 0.05) is 49.6 Å². The molecular formula is C29H38N4O5S. The molecule has 10 heteroatoms. The molecule has 1 aromatic heterocycles. The average Bonchev–Trinajstić information content (AvgIpc) is 3.38. The molecule has 1 aliphatic carbocycles. The van der Waals surface area contributed by atoms with Crippen LogP contribution in [0.1, 0.15) is 44.4 Å². The van der Waals surface area contributed by atoms with Gasteiger partial charge in [-0.3, -0.25) is 13.9 Å². The number of aromatic nitrogens is 1. The van der Waals surface area contributed by atoms with E-state index in [1.165, 1.54) is 16.7 Å². The van der Waals surface area contributed by atoms with Crippen LogP contribution in [0.4, 0.5) is 5.82 Å². The Kier molecular flexibility index (Phi) is 7.24. The van der Waals surface area contributed by atoms with Gasteiger partial charge in [-0.15, -0.1) is 0 Å². The van der Waals surface area contributed by atoms with Gasteiger partial charge >= 0.3 is 0 Å². The lowest BCUT2D eigenvalue weighted by Crippen LogP contribution is -2.53. The molecule has 1 amide bonds. The first-order chi connectivity index (χ1) is 18.4. The molecular weight excluding hydrogens is 516 g/mol. The zero-order valence-corrected chi connectivity index (χ0v) is 24.2. The summed E-state index contributed by atoms with van der Waals surface area (Å²) in [5.74, 6) is 0.496. The lowest BCUT2D eigenvalue weighted by molar-refractivity contribution is -0.124. The van der Waals surface area contributed by atoms with Gasteiger partial charge < -0.3 is 14.7 Å². The first-order valence-corrected chi connectivity index (χ1v) is 15.3. The van der Waals surface area contributed by atoms with Crippen LogP contribution < -0.4 is 10.2 Å². The molecule has 1 unspecified atom stereocenters. The normalized spacial score (nSPS) is 20.7. The molecule has 0 spiro atoms. The first kappa shape index (κ1) is 27.6. The van der Waals surface area contributed by atoms with Crippen molar-refractivity contribution in [2.75, 3.05) is 50.5 Å². The molecule has 0 radical (unpaired) electrons. The number of carbonyl (C=O) groups is 1. The summed E-state index contributed by atoms with van der Waals surface area (Å²) in [6.07, 6.45) is 1.88. The quantitative estimate of drug-likeness (QED) is 0.423. The third kappa shape index (κ3) is 5.55. The predicted molar refractivity (Wildman–Crippen MR) is 152 cm³/mol. The zero-order valence-electron chi connectivity index (χ0n) is 23.4. The number of carbonyl (C=O) groups excluding carboxylic acids is 1. The van der Waals surface area contributed by atoms with Crippen molar-refractivity contribution in [3.05, 3.63) is 59.2 Å². The minimum absolute atomic E-state index is 0.202. The number of hydrogen-bond acceptors (Lipinski definition) is 8. The van der Waals surface area contributed by atoms with Crippen LogP contribution in [-0.2, 0) is 36.3 Å². The Balaban J connectivity index is 1.21. The van der Waals surface area contributed by atoms with Crippen LogP contribution in [0.3, 0.4) is 0 Å². The summed E-state index contributed by atoms with van der Waals surface area (Å²) in [5, 5.41) is 8.43. The molecule has 39 heavy (non-hydrogen) atoms. The molecule has 0 saturated carbocycles. The van der Waals surface area contributed by atoms with Gasteiger partial charge in [-0.25, -0.2) is 0 Å². The van der Waals surface area contributed by atoms with E-state index >= 15 is 0 Å². The second kappa shape index (κ2) is 10.2. The molecule has 2 heterocycles. The highest BCUT2D eigenvalue weighted by Gasteiger charge is 2.51. The first-order valence-electron chi connectivity index (χ1n) is 13.5. The zero-order chi connectivity index (χ0) is 28.0. The molecule has 1 N–H and O–H groups in total. The number of para-hydroxylation sites is 1. The van der Waals surface area contributed by atoms with E-state index in [0.29, 0.717) is 0 Å². The van der Waals surface area contributed by atoms with E-state index in [-0.39, 0.29) is 16.9 Å². The van der Waals surface area contributed by atoms with Crippen LogP contribution in [0.2, 0.25) is 0 Å². The summed E-state index contributed by atoms with van der Waals surface area (Å²) in [5.41, 5.74) is 3.87. The Morgan fingerprint density at radius 2 is 1.74 bits per heavy atom. The Morgan fingerprint density at radius 3 is 2.46 bits per heavy atom. The maximum atomic E-state index is 12.6. The minimum Gasteiger partial charge on any atom is -0.354 e. The summed E-state index contributed by atoms with van der Waals surface area (Å²) in [7, 11) is -3.68. The fraction of sp³-hybridized carbons (Fsp3) is 0.517. The monoisotopic (exact) mass is 554 g/mol. The smallest absolute Gasteiger partial charge is 0.264 e. The molecule has 9 nitrogen and oxygen atoms in total. The molecule has 1 atom stereocenters. The van der Waals surface area contributed by atoms with Gasteiger partial charge in [-0.2, -0.15) is 8.42 Å². The van der Waals surface area contributed by atoms with Crippen molar-refractivity contribution in [2.24, 2.45) is 0 Å². The van der Waals surface area contributed by atoms with Crippen LogP contribution >= 0.6 is 0 Å². The highest BCUT2D eigenvalue weighted by molar-refractivity contribution is 7.86. The van der Waals surface area contributed by atoms with Gasteiger partial charge in [-0.1, -0.05) is 63.2 Å². The Morgan fingerprint density at radius 1 is 1.05 bits per heavy atom. The van der Waals surface area contributed by atoms with E-state index in [1.54, 1.807) is 0 Å². The maximum Gasteiger partial charge on any atom is 0.264 e. The van der Waals surface area contributed by atoms with Gasteiger partial charge in [0.1, 0.15) is 6.61 Å². The molecule has 210 valence electrons. The number of amides is 1. The van der Waals surface area contributed by atoms with Crippen LogP contribution in [0.15, 0.2) is 47.0 Å². The van der Waals surface area contributed by atoms with Crippen LogP contribution in [0, 0.1) is 0 Å². The molecule has 3 aromatic rings. The average molecular weight is 555 g/mol. The molecule has 2 aliphatic rings. The highest BCUT2D eigenvalue weighted by atomic mass is 32.2. The van der Waals surface area contributed by atoms with Gasteiger partial charge in [0.25, 0.3) is 10.1 Å². The summed E-state index contributed by atoms with van der Waals surface area (Å²) in [4.78, 5) is 17.4. The Hall–Kier alpha value is -2.95. The summed E-state index contributed by atoms with van der Waals surface area (Å²) < 4.78 is 32.9. The Bertz CT molecular complexity index is 1470. The van der Waals surface area contributed by atoms with E-state index in [1.807, 2.05) is 18.2 Å². The molecule has 2 aromatic carbocycles. The second-order valence-electron chi connectivity index (χ2n) is 11.9. The number of nitrogens with zero attached hydrogens (tertiary/aromatic N) is 3. The largest absolute Gasteiger partial charge is 0.354 e. The van der Waals surface area contributed by atoms with Crippen molar-refractivity contribution in [1.82, 2.24) is 15.4 Å². The molecule has 0 bridgehead atoms. The van der Waals surface area contributed by atoms with Crippen molar-refractivity contribution < 1.29 is 21.9 Å². The van der Waals surface area contributed by atoms with Crippen molar-refractivity contribution >= 4 is 32.8 Å². The number of piperazine rings is 1. The van der Waals surface area contributed by atoms with Crippen molar-refractivity contribution in [3.63, 3.8) is 0 Å². The van der Waals surface area contributed by atoms with Gasteiger partial charge in [-0.05, 0) is 35.2 Å². The van der Waals surface area contributed by atoms with Gasteiger partial charge in [0.15, 0.2) is 11.4 Å².